The lowest BCUT2D eigenvalue weighted by molar-refractivity contribution is 0.158. The van der Waals surface area contributed by atoms with Gasteiger partial charge in [0.15, 0.2) is 0 Å². The summed E-state index contributed by atoms with van der Waals surface area (Å²) in [4.78, 5) is 1.26. The van der Waals surface area contributed by atoms with Crippen molar-refractivity contribution in [2.45, 2.75) is 19.4 Å². The van der Waals surface area contributed by atoms with Gasteiger partial charge >= 0.3 is 0 Å². The van der Waals surface area contributed by atoms with Crippen LogP contribution in [0, 0.1) is 0 Å². The van der Waals surface area contributed by atoms with Gasteiger partial charge in [0.1, 0.15) is 11.9 Å². The molecule has 1 aromatic heterocycles. The maximum absolute atomic E-state index is 6.21. The van der Waals surface area contributed by atoms with E-state index in [0.717, 1.165) is 29.2 Å². The van der Waals surface area contributed by atoms with Crippen LogP contribution >= 0.6 is 11.3 Å². The lowest BCUT2D eigenvalue weighted by Crippen LogP contribution is -2.26. The van der Waals surface area contributed by atoms with Crippen LogP contribution in [0.5, 0.6) is 0 Å². The third-order valence-electron chi connectivity index (χ3n) is 3.23. The first kappa shape index (κ1) is 14.8. The molecule has 1 aromatic carbocycles. The van der Waals surface area contributed by atoms with E-state index in [1.807, 2.05) is 32.2 Å². The fourth-order valence-electron chi connectivity index (χ4n) is 2.15. The van der Waals surface area contributed by atoms with Crippen molar-refractivity contribution in [3.8, 4) is 0 Å². The molecule has 0 unspecified atom stereocenters. The number of benzene rings is 1. The molecular weight excluding hydrogens is 266 g/mol. The van der Waals surface area contributed by atoms with Gasteiger partial charge < -0.3 is 10.1 Å². The minimum atomic E-state index is 0.0991. The molecule has 3 heteroatoms. The van der Waals surface area contributed by atoms with Gasteiger partial charge in [-0.1, -0.05) is 36.9 Å². The molecule has 106 valence electrons. The van der Waals surface area contributed by atoms with Gasteiger partial charge in [-0.05, 0) is 37.2 Å². The number of nitrogens with one attached hydrogen (secondary N) is 1. The third-order valence-corrected chi connectivity index (χ3v) is 4.20. The summed E-state index contributed by atoms with van der Waals surface area (Å²) in [6.45, 7) is 7.01. The van der Waals surface area contributed by atoms with Crippen molar-refractivity contribution >= 4 is 23.7 Å². The summed E-state index contributed by atoms with van der Waals surface area (Å²) in [5.74, 6) is 0.935. The summed E-state index contributed by atoms with van der Waals surface area (Å²) in [6, 6.07) is 12.3. The van der Waals surface area contributed by atoms with Gasteiger partial charge in [-0.15, -0.1) is 11.3 Å². The molecule has 2 nitrogen and oxygen atoms in total. The summed E-state index contributed by atoms with van der Waals surface area (Å²) < 4.78 is 6.21. The quantitative estimate of drug-likeness (QED) is 0.882. The second kappa shape index (κ2) is 7.27. The minimum absolute atomic E-state index is 0.0991. The van der Waals surface area contributed by atoms with E-state index in [0.29, 0.717) is 0 Å². The summed E-state index contributed by atoms with van der Waals surface area (Å²) >= 11 is 1.74. The Hall–Kier alpha value is -1.58. The first-order chi connectivity index (χ1) is 9.72. The maximum atomic E-state index is 6.21. The highest BCUT2D eigenvalue weighted by atomic mass is 32.1. The van der Waals surface area contributed by atoms with Crippen molar-refractivity contribution in [3.05, 3.63) is 57.1 Å². The molecule has 1 atom stereocenters. The van der Waals surface area contributed by atoms with Gasteiger partial charge in [-0.2, -0.15) is 0 Å². The standard InChI is InChI=1S/C17H21NOS/c1-13-7-4-5-8-15(13)14(2)19-16(10-11-18-3)17-9-6-12-20-17/h4-9,12,16,18H,1,10-11H2,2-3H3/b15-14+/t16-/m0/s1. The third kappa shape index (κ3) is 3.71. The molecule has 0 aliphatic heterocycles. The molecule has 0 aliphatic carbocycles. The Balaban J connectivity index is 2.26. The Labute approximate surface area is 124 Å². The molecule has 1 heterocycles. The molecule has 2 rings (SSSR count). The number of thiophene rings is 1. The van der Waals surface area contributed by atoms with Crippen LogP contribution in [0.25, 0.3) is 12.3 Å². The monoisotopic (exact) mass is 287 g/mol. The van der Waals surface area contributed by atoms with E-state index in [9.17, 15) is 0 Å². The summed E-state index contributed by atoms with van der Waals surface area (Å²) in [6.07, 6.45) is 1.05. The molecule has 0 radical (unpaired) electrons. The summed E-state index contributed by atoms with van der Waals surface area (Å²) in [7, 11) is 1.97. The zero-order chi connectivity index (χ0) is 14.4. The Kier molecular flexibility index (Phi) is 5.39. The second-order valence-corrected chi connectivity index (χ2v) is 5.71. The molecule has 0 spiro atoms. The van der Waals surface area contributed by atoms with Gasteiger partial charge in [0.25, 0.3) is 0 Å². The molecule has 0 amide bonds. The molecule has 20 heavy (non-hydrogen) atoms. The fourth-order valence-corrected chi connectivity index (χ4v) is 2.94. The molecule has 0 aliphatic rings. The average Bonchev–Trinajstić information content (AvgIpc) is 2.97. The molecule has 0 fully saturated rings. The smallest absolute Gasteiger partial charge is 0.134 e. The highest BCUT2D eigenvalue weighted by molar-refractivity contribution is 7.10. The van der Waals surface area contributed by atoms with E-state index in [4.69, 9.17) is 4.74 Å². The van der Waals surface area contributed by atoms with Crippen molar-refractivity contribution in [2.75, 3.05) is 13.6 Å². The minimum Gasteiger partial charge on any atom is -0.489 e. The lowest BCUT2D eigenvalue weighted by atomic mass is 10.2. The molecule has 0 saturated carbocycles. The van der Waals surface area contributed by atoms with E-state index in [1.54, 1.807) is 11.3 Å². The largest absolute Gasteiger partial charge is 0.489 e. The Morgan fingerprint density at radius 1 is 1.30 bits per heavy atom. The normalized spacial score (nSPS) is 13.9. The predicted molar refractivity (Wildman–Crippen MR) is 87.0 cm³/mol. The van der Waals surface area contributed by atoms with Crippen LogP contribution in [0.15, 0.2) is 41.8 Å². The zero-order valence-electron chi connectivity index (χ0n) is 12.1. The van der Waals surface area contributed by atoms with Gasteiger partial charge in [-0.3, -0.25) is 0 Å². The van der Waals surface area contributed by atoms with Crippen LogP contribution < -0.4 is 15.8 Å². The SMILES string of the molecule is C=c1cccc/c1=C(/C)O[C@@H](CCNC)c1cccs1. The van der Waals surface area contributed by atoms with E-state index < -0.39 is 0 Å². The van der Waals surface area contributed by atoms with Crippen LogP contribution in [0.3, 0.4) is 0 Å². The number of hydrogen-bond donors (Lipinski definition) is 1. The maximum Gasteiger partial charge on any atom is 0.134 e. The zero-order valence-corrected chi connectivity index (χ0v) is 12.9. The van der Waals surface area contributed by atoms with Gasteiger partial charge in [0, 0.05) is 16.5 Å². The number of hydrogen-bond acceptors (Lipinski definition) is 3. The van der Waals surface area contributed by atoms with Crippen LogP contribution in [-0.4, -0.2) is 13.6 Å². The molecule has 0 bridgehead atoms. The van der Waals surface area contributed by atoms with Gasteiger partial charge in [0.05, 0.1) is 0 Å². The summed E-state index contributed by atoms with van der Waals surface area (Å²) in [5.41, 5.74) is 0. The number of rotatable bonds is 6. The molecule has 0 saturated heterocycles. The van der Waals surface area contributed by atoms with Crippen molar-refractivity contribution < 1.29 is 4.74 Å². The Morgan fingerprint density at radius 2 is 2.10 bits per heavy atom. The van der Waals surface area contributed by atoms with Crippen LogP contribution in [0.4, 0.5) is 0 Å². The van der Waals surface area contributed by atoms with Crippen LogP contribution in [0.1, 0.15) is 24.3 Å². The van der Waals surface area contributed by atoms with Crippen molar-refractivity contribution in [1.29, 1.82) is 0 Å². The lowest BCUT2D eigenvalue weighted by Gasteiger charge is -2.18. The van der Waals surface area contributed by atoms with Crippen molar-refractivity contribution in [1.82, 2.24) is 5.32 Å². The molecule has 2 aromatic rings. The predicted octanol–water partition coefficient (Wildman–Crippen LogP) is 2.65. The fraction of sp³-hybridized carbons (Fsp3) is 0.294. The van der Waals surface area contributed by atoms with Gasteiger partial charge in [-0.25, -0.2) is 0 Å². The van der Waals surface area contributed by atoms with Crippen LogP contribution in [0.2, 0.25) is 0 Å². The van der Waals surface area contributed by atoms with Crippen LogP contribution in [-0.2, 0) is 4.74 Å². The Morgan fingerprint density at radius 3 is 2.75 bits per heavy atom. The molecule has 1 N–H and O–H groups in total. The second-order valence-electron chi connectivity index (χ2n) is 4.73. The summed E-state index contributed by atoms with van der Waals surface area (Å²) in [5, 5.41) is 7.37. The van der Waals surface area contributed by atoms with E-state index in [-0.39, 0.29) is 6.10 Å². The van der Waals surface area contributed by atoms with Crippen molar-refractivity contribution in [3.63, 3.8) is 0 Å². The van der Waals surface area contributed by atoms with E-state index in [2.05, 4.69) is 35.5 Å². The van der Waals surface area contributed by atoms with E-state index >= 15 is 0 Å². The first-order valence-electron chi connectivity index (χ1n) is 6.82. The molecular formula is C17H21NOS. The topological polar surface area (TPSA) is 21.3 Å². The first-order valence-corrected chi connectivity index (χ1v) is 7.70. The highest BCUT2D eigenvalue weighted by Crippen LogP contribution is 2.27. The Bertz CT molecular complexity index is 633. The van der Waals surface area contributed by atoms with E-state index in [1.165, 1.54) is 4.88 Å². The average molecular weight is 287 g/mol. The van der Waals surface area contributed by atoms with Gasteiger partial charge in [0.2, 0.25) is 0 Å². The highest BCUT2D eigenvalue weighted by Gasteiger charge is 2.14. The van der Waals surface area contributed by atoms with Crippen molar-refractivity contribution in [2.24, 2.45) is 0 Å². The number of ether oxygens (including phenoxy) is 1.